The van der Waals surface area contributed by atoms with Crippen molar-refractivity contribution in [2.75, 3.05) is 65.4 Å². The number of benzene rings is 1. The summed E-state index contributed by atoms with van der Waals surface area (Å²) in [5, 5.41) is 22.4. The topological polar surface area (TPSA) is 183 Å². The van der Waals surface area contributed by atoms with Gasteiger partial charge in [0.25, 0.3) is 17.6 Å². The van der Waals surface area contributed by atoms with Crippen molar-refractivity contribution in [3.63, 3.8) is 0 Å². The summed E-state index contributed by atoms with van der Waals surface area (Å²) >= 11 is 0. The summed E-state index contributed by atoms with van der Waals surface area (Å²) in [6.45, 7) is 2.68. The van der Waals surface area contributed by atoms with Crippen molar-refractivity contribution in [2.45, 2.75) is 0 Å². The van der Waals surface area contributed by atoms with Crippen molar-refractivity contribution in [3.05, 3.63) is 60.0 Å². The number of tetrazole rings is 1. The molecule has 1 fully saturated rings. The number of nitrogens with one attached hydrogen (secondary N) is 3. The molecule has 1 aromatic carbocycles. The Morgan fingerprint density at radius 2 is 1.87 bits per heavy atom. The Morgan fingerprint density at radius 3 is 2.60 bits per heavy atom. The first-order chi connectivity index (χ1) is 21.9. The number of pyridine rings is 1. The van der Waals surface area contributed by atoms with E-state index >= 15 is 0 Å². The summed E-state index contributed by atoms with van der Waals surface area (Å²) in [5.41, 5.74) is 2.48. The molecule has 3 N–H and O–H groups in total. The number of nitrogens with zero attached hydrogens (tertiary/aromatic N) is 9. The van der Waals surface area contributed by atoms with E-state index in [4.69, 9.17) is 4.74 Å². The molecule has 1 aliphatic rings. The Hall–Kier alpha value is -5.64. The molecule has 1 saturated heterocycles. The molecule has 5 aromatic rings. The molecule has 0 aliphatic carbocycles. The van der Waals surface area contributed by atoms with E-state index in [-0.39, 0.29) is 17.2 Å². The molecule has 4 aromatic heterocycles. The molecule has 1 aliphatic heterocycles. The van der Waals surface area contributed by atoms with Crippen LogP contribution in [0.4, 0.5) is 5.95 Å². The Bertz CT molecular complexity index is 1840. The largest absolute Gasteiger partial charge is 0.494 e. The first-order valence-corrected chi connectivity index (χ1v) is 14.3. The zero-order valence-electron chi connectivity index (χ0n) is 25.0. The number of piperazine rings is 1. The van der Waals surface area contributed by atoms with Crippen molar-refractivity contribution in [2.24, 2.45) is 0 Å². The highest BCUT2D eigenvalue weighted by molar-refractivity contribution is 6.45. The molecule has 0 bridgehead atoms. The van der Waals surface area contributed by atoms with Gasteiger partial charge in [-0.2, -0.15) is 9.78 Å². The number of anilines is 1. The van der Waals surface area contributed by atoms with Crippen LogP contribution in [0.5, 0.6) is 5.75 Å². The summed E-state index contributed by atoms with van der Waals surface area (Å²) in [6, 6.07) is 11.1. The fourth-order valence-electron chi connectivity index (χ4n) is 5.18. The van der Waals surface area contributed by atoms with E-state index in [9.17, 15) is 14.4 Å². The Morgan fingerprint density at radius 1 is 1.09 bits per heavy atom. The first-order valence-electron chi connectivity index (χ1n) is 14.3. The third-order valence-electron chi connectivity index (χ3n) is 7.55. The van der Waals surface area contributed by atoms with Gasteiger partial charge < -0.3 is 29.7 Å². The molecule has 0 spiro atoms. The van der Waals surface area contributed by atoms with Crippen molar-refractivity contribution in [1.29, 1.82) is 0 Å². The Labute approximate surface area is 257 Å². The van der Waals surface area contributed by atoms with Crippen molar-refractivity contribution >= 4 is 34.4 Å². The number of para-hydroxylation sites is 1. The van der Waals surface area contributed by atoms with Crippen molar-refractivity contribution in [3.8, 4) is 22.8 Å². The highest BCUT2D eigenvalue weighted by atomic mass is 16.5. The number of methoxy groups -OCH3 is 1. The van der Waals surface area contributed by atoms with Crippen LogP contribution >= 0.6 is 0 Å². The standard InChI is InChI=1S/C29H32N12O4/c1-38(2)10-9-30-27(43)21-15-20(33-34-21)24-25-23(22(45-3)17-32-24)19(16-31-25)26(42)28(44)39-11-13-40(14-12-39)29-35-36-37-41(29)18-7-5-4-6-8-18/h4-8,15-17,31H,9-14H2,1-3H3,(H,30,43)(H,33,34). The van der Waals surface area contributed by atoms with Gasteiger partial charge in [0.05, 0.1) is 35.5 Å². The quantitative estimate of drug-likeness (QED) is 0.150. The number of fused-ring (bicyclic) bond motifs is 1. The minimum absolute atomic E-state index is 0.156. The van der Waals surface area contributed by atoms with Gasteiger partial charge >= 0.3 is 0 Å². The van der Waals surface area contributed by atoms with Crippen LogP contribution < -0.4 is 15.0 Å². The van der Waals surface area contributed by atoms with Crippen LogP contribution in [0, 0.1) is 0 Å². The monoisotopic (exact) mass is 612 g/mol. The molecule has 2 amide bonds. The van der Waals surface area contributed by atoms with Crippen LogP contribution in [0.2, 0.25) is 0 Å². The van der Waals surface area contributed by atoms with Crippen LogP contribution in [0.25, 0.3) is 28.0 Å². The highest BCUT2D eigenvalue weighted by Gasteiger charge is 2.31. The number of likely N-dealkylation sites (N-methyl/N-ethyl adjacent to an activating group) is 1. The maximum Gasteiger partial charge on any atom is 0.295 e. The molecule has 6 rings (SSSR count). The molecule has 16 nitrogen and oxygen atoms in total. The van der Waals surface area contributed by atoms with E-state index in [1.807, 2.05) is 54.2 Å². The van der Waals surface area contributed by atoms with Gasteiger partial charge in [-0.15, -0.1) is 0 Å². The molecular weight excluding hydrogens is 580 g/mol. The van der Waals surface area contributed by atoms with Gasteiger partial charge in [-0.1, -0.05) is 23.3 Å². The molecule has 0 saturated carbocycles. The van der Waals surface area contributed by atoms with Crippen LogP contribution in [-0.4, -0.2) is 128 Å². The fraction of sp³-hybridized carbons (Fsp3) is 0.310. The van der Waals surface area contributed by atoms with E-state index in [2.05, 4.69) is 41.0 Å². The normalized spacial score (nSPS) is 13.4. The number of H-pyrrole nitrogens is 2. The second-order valence-corrected chi connectivity index (χ2v) is 10.7. The molecule has 45 heavy (non-hydrogen) atoms. The summed E-state index contributed by atoms with van der Waals surface area (Å²) < 4.78 is 7.16. The zero-order valence-corrected chi connectivity index (χ0v) is 25.0. The van der Waals surface area contributed by atoms with Gasteiger partial charge in [-0.3, -0.25) is 19.5 Å². The molecule has 0 unspecified atom stereocenters. The zero-order chi connectivity index (χ0) is 31.5. The molecule has 5 heterocycles. The van der Waals surface area contributed by atoms with Crippen LogP contribution in [0.1, 0.15) is 20.8 Å². The minimum Gasteiger partial charge on any atom is -0.494 e. The van der Waals surface area contributed by atoms with E-state index in [1.54, 1.807) is 10.7 Å². The molecule has 232 valence electrons. The number of amides is 2. The number of ether oxygens (including phenoxy) is 1. The van der Waals surface area contributed by atoms with E-state index in [1.165, 1.54) is 24.4 Å². The van der Waals surface area contributed by atoms with Gasteiger partial charge in [-0.05, 0) is 42.7 Å². The number of carbonyl (C=O) groups is 3. The van der Waals surface area contributed by atoms with Gasteiger partial charge in [0.2, 0.25) is 5.95 Å². The first kappa shape index (κ1) is 29.4. The fourth-order valence-corrected chi connectivity index (χ4v) is 5.18. The van der Waals surface area contributed by atoms with E-state index in [0.29, 0.717) is 73.3 Å². The minimum atomic E-state index is -0.678. The number of ketones is 1. The number of aromatic amines is 2. The molecule has 0 radical (unpaired) electrons. The van der Waals surface area contributed by atoms with Gasteiger partial charge in [-0.25, -0.2) is 4.98 Å². The number of aromatic nitrogens is 8. The SMILES string of the molecule is COc1cnc(-c2cc(C(=O)NCCN(C)C)[nH]n2)c2[nH]cc(C(=O)C(=O)N3CCN(c4nnnn4-c4ccccc4)CC3)c12. The summed E-state index contributed by atoms with van der Waals surface area (Å²) in [6.07, 6.45) is 2.94. The van der Waals surface area contributed by atoms with Gasteiger partial charge in [0.1, 0.15) is 22.8 Å². The summed E-state index contributed by atoms with van der Waals surface area (Å²) in [5.74, 6) is -0.725. The predicted molar refractivity (Wildman–Crippen MR) is 163 cm³/mol. The number of rotatable bonds is 10. The van der Waals surface area contributed by atoms with Gasteiger partial charge in [0, 0.05) is 45.5 Å². The maximum atomic E-state index is 13.6. The summed E-state index contributed by atoms with van der Waals surface area (Å²) in [7, 11) is 5.31. The van der Waals surface area contributed by atoms with Crippen LogP contribution in [-0.2, 0) is 4.79 Å². The molecule has 0 atom stereocenters. The number of Topliss-reactive ketones (excluding diaryl/α,β-unsaturated/α-hetero) is 1. The Balaban J connectivity index is 1.19. The third kappa shape index (κ3) is 5.82. The highest BCUT2D eigenvalue weighted by Crippen LogP contribution is 2.34. The average Bonchev–Trinajstić information content (AvgIpc) is 3.84. The summed E-state index contributed by atoms with van der Waals surface area (Å²) in [4.78, 5) is 52.7. The van der Waals surface area contributed by atoms with Crippen LogP contribution in [0.3, 0.4) is 0 Å². The lowest BCUT2D eigenvalue weighted by molar-refractivity contribution is -0.126. The van der Waals surface area contributed by atoms with E-state index < -0.39 is 11.7 Å². The number of carbonyl (C=O) groups excluding carboxylic acids is 3. The number of hydrogen-bond acceptors (Lipinski definition) is 11. The number of hydrogen-bond donors (Lipinski definition) is 3. The predicted octanol–water partition coefficient (Wildman–Crippen LogP) is 0.760. The second-order valence-electron chi connectivity index (χ2n) is 10.7. The lowest BCUT2D eigenvalue weighted by Crippen LogP contribution is -2.51. The molecular formula is C29H32N12O4. The average molecular weight is 613 g/mol. The van der Waals surface area contributed by atoms with Gasteiger partial charge in [0.15, 0.2) is 0 Å². The lowest BCUT2D eigenvalue weighted by atomic mass is 10.1. The third-order valence-corrected chi connectivity index (χ3v) is 7.55. The second kappa shape index (κ2) is 12.5. The maximum absolute atomic E-state index is 13.6. The Kier molecular flexibility index (Phi) is 8.20. The smallest absolute Gasteiger partial charge is 0.295 e. The van der Waals surface area contributed by atoms with E-state index in [0.717, 1.165) is 5.69 Å². The van der Waals surface area contributed by atoms with Crippen molar-refractivity contribution < 1.29 is 19.1 Å². The lowest BCUT2D eigenvalue weighted by Gasteiger charge is -2.34. The van der Waals surface area contributed by atoms with Crippen molar-refractivity contribution in [1.82, 2.24) is 55.5 Å². The van der Waals surface area contributed by atoms with Crippen LogP contribution in [0.15, 0.2) is 48.8 Å². The molecule has 16 heteroatoms.